The van der Waals surface area contributed by atoms with Crippen molar-refractivity contribution >= 4 is 0 Å². The standard InChI is InChI=1S/C15H19F2N/c1-4-6-7-13(18-10-5-2)14-12(16)9-8-11(3)15(14)17/h1,8-9,13,18H,5-7,10H2,2-3H3. The average Bonchev–Trinajstić information content (AvgIpc) is 2.36. The minimum absolute atomic E-state index is 0.110. The van der Waals surface area contributed by atoms with E-state index in [4.69, 9.17) is 6.42 Å². The summed E-state index contributed by atoms with van der Waals surface area (Å²) in [4.78, 5) is 0. The number of terminal acetylenes is 1. The third kappa shape index (κ3) is 3.54. The summed E-state index contributed by atoms with van der Waals surface area (Å²) in [5, 5.41) is 3.15. The first kappa shape index (κ1) is 14.7. The quantitative estimate of drug-likeness (QED) is 0.760. The number of aryl methyl sites for hydroxylation is 1. The van der Waals surface area contributed by atoms with E-state index in [1.165, 1.54) is 12.1 Å². The van der Waals surface area contributed by atoms with Gasteiger partial charge in [-0.05, 0) is 37.9 Å². The SMILES string of the molecule is C#CCCC(NCCC)c1c(F)ccc(C)c1F. The molecule has 1 aromatic rings. The Balaban J connectivity index is 3.03. The number of halogens is 2. The van der Waals surface area contributed by atoms with Crippen molar-refractivity contribution in [1.29, 1.82) is 0 Å². The van der Waals surface area contributed by atoms with E-state index in [-0.39, 0.29) is 11.6 Å². The Hall–Kier alpha value is -1.40. The third-order valence-electron chi connectivity index (χ3n) is 2.89. The zero-order chi connectivity index (χ0) is 13.5. The van der Waals surface area contributed by atoms with Gasteiger partial charge in [0.15, 0.2) is 0 Å². The smallest absolute Gasteiger partial charge is 0.133 e. The Bertz CT molecular complexity index is 435. The minimum atomic E-state index is -0.510. The van der Waals surface area contributed by atoms with Crippen LogP contribution in [0.5, 0.6) is 0 Å². The molecule has 0 spiro atoms. The van der Waals surface area contributed by atoms with Crippen LogP contribution in [-0.2, 0) is 0 Å². The van der Waals surface area contributed by atoms with Crippen molar-refractivity contribution in [2.45, 2.75) is 39.2 Å². The fraction of sp³-hybridized carbons (Fsp3) is 0.467. The van der Waals surface area contributed by atoms with Gasteiger partial charge < -0.3 is 5.32 Å². The highest BCUT2D eigenvalue weighted by Crippen LogP contribution is 2.26. The van der Waals surface area contributed by atoms with Crippen LogP contribution in [0.3, 0.4) is 0 Å². The Morgan fingerprint density at radius 2 is 2.11 bits per heavy atom. The van der Waals surface area contributed by atoms with E-state index in [2.05, 4.69) is 11.2 Å². The molecule has 0 aliphatic rings. The summed E-state index contributed by atoms with van der Waals surface area (Å²) < 4.78 is 27.8. The molecule has 0 fully saturated rings. The molecular formula is C15H19F2N. The molecule has 0 amide bonds. The lowest BCUT2D eigenvalue weighted by molar-refractivity contribution is 0.448. The second-order valence-corrected chi connectivity index (χ2v) is 4.34. The number of nitrogens with one attached hydrogen (secondary N) is 1. The molecule has 1 aromatic carbocycles. The Labute approximate surface area is 108 Å². The summed E-state index contributed by atoms with van der Waals surface area (Å²) in [6.45, 7) is 4.35. The van der Waals surface area contributed by atoms with Gasteiger partial charge in [0.25, 0.3) is 0 Å². The summed E-state index contributed by atoms with van der Waals surface area (Å²) in [7, 11) is 0. The molecule has 0 aromatic heterocycles. The van der Waals surface area contributed by atoms with Crippen molar-refractivity contribution in [2.24, 2.45) is 0 Å². The highest BCUT2D eigenvalue weighted by Gasteiger charge is 2.20. The zero-order valence-electron chi connectivity index (χ0n) is 10.9. The molecule has 0 heterocycles. The molecule has 0 saturated carbocycles. The average molecular weight is 251 g/mol. The molecule has 0 bridgehead atoms. The fourth-order valence-corrected chi connectivity index (χ4v) is 1.89. The van der Waals surface area contributed by atoms with Crippen molar-refractivity contribution in [3.63, 3.8) is 0 Å². The molecular weight excluding hydrogens is 232 g/mol. The molecule has 0 saturated heterocycles. The zero-order valence-corrected chi connectivity index (χ0v) is 10.9. The lowest BCUT2D eigenvalue weighted by Crippen LogP contribution is -2.24. The molecule has 1 atom stereocenters. The van der Waals surface area contributed by atoms with Crippen molar-refractivity contribution in [2.75, 3.05) is 6.54 Å². The molecule has 1 unspecified atom stereocenters. The van der Waals surface area contributed by atoms with Crippen LogP contribution >= 0.6 is 0 Å². The van der Waals surface area contributed by atoms with Gasteiger partial charge in [-0.3, -0.25) is 0 Å². The molecule has 98 valence electrons. The van der Waals surface area contributed by atoms with E-state index in [1.54, 1.807) is 6.92 Å². The van der Waals surface area contributed by atoms with Crippen LogP contribution in [-0.4, -0.2) is 6.54 Å². The van der Waals surface area contributed by atoms with Crippen molar-refractivity contribution in [3.05, 3.63) is 34.9 Å². The lowest BCUT2D eigenvalue weighted by atomic mass is 9.98. The van der Waals surface area contributed by atoms with Crippen LogP contribution in [0.4, 0.5) is 8.78 Å². The maximum atomic E-state index is 14.0. The van der Waals surface area contributed by atoms with E-state index in [1.807, 2.05) is 6.92 Å². The number of hydrogen-bond acceptors (Lipinski definition) is 1. The van der Waals surface area contributed by atoms with Gasteiger partial charge >= 0.3 is 0 Å². The molecule has 1 N–H and O–H groups in total. The molecule has 3 heteroatoms. The minimum Gasteiger partial charge on any atom is -0.310 e. The summed E-state index contributed by atoms with van der Waals surface area (Å²) in [6.07, 6.45) is 7.16. The maximum absolute atomic E-state index is 14.0. The van der Waals surface area contributed by atoms with E-state index in [9.17, 15) is 8.78 Å². The van der Waals surface area contributed by atoms with Crippen LogP contribution in [0.25, 0.3) is 0 Å². The predicted molar refractivity (Wildman–Crippen MR) is 70.2 cm³/mol. The van der Waals surface area contributed by atoms with Crippen LogP contribution in [0.15, 0.2) is 12.1 Å². The monoisotopic (exact) mass is 251 g/mol. The van der Waals surface area contributed by atoms with Gasteiger partial charge in [-0.25, -0.2) is 8.78 Å². The summed E-state index contributed by atoms with van der Waals surface area (Å²) in [6, 6.07) is 2.40. The number of benzene rings is 1. The maximum Gasteiger partial charge on any atom is 0.133 e. The molecule has 1 nitrogen and oxygen atoms in total. The van der Waals surface area contributed by atoms with E-state index < -0.39 is 11.6 Å². The first-order valence-corrected chi connectivity index (χ1v) is 6.23. The Morgan fingerprint density at radius 3 is 2.72 bits per heavy atom. The molecule has 0 aliphatic carbocycles. The highest BCUT2D eigenvalue weighted by molar-refractivity contribution is 5.29. The van der Waals surface area contributed by atoms with Gasteiger partial charge in [0.05, 0.1) is 0 Å². The van der Waals surface area contributed by atoms with Crippen molar-refractivity contribution < 1.29 is 8.78 Å². The van der Waals surface area contributed by atoms with Gasteiger partial charge in [-0.15, -0.1) is 12.3 Å². The fourth-order valence-electron chi connectivity index (χ4n) is 1.89. The van der Waals surface area contributed by atoms with Gasteiger partial charge in [0.2, 0.25) is 0 Å². The Kier molecular flexibility index (Phi) is 5.80. The largest absolute Gasteiger partial charge is 0.310 e. The summed E-state index contributed by atoms with van der Waals surface area (Å²) in [5.74, 6) is 1.53. The first-order valence-electron chi connectivity index (χ1n) is 6.23. The van der Waals surface area contributed by atoms with Gasteiger partial charge in [0.1, 0.15) is 11.6 Å². The van der Waals surface area contributed by atoms with Gasteiger partial charge in [0, 0.05) is 18.0 Å². The lowest BCUT2D eigenvalue weighted by Gasteiger charge is -2.20. The first-order chi connectivity index (χ1) is 8.61. The third-order valence-corrected chi connectivity index (χ3v) is 2.89. The van der Waals surface area contributed by atoms with E-state index in [0.717, 1.165) is 6.42 Å². The van der Waals surface area contributed by atoms with Crippen molar-refractivity contribution in [1.82, 2.24) is 5.32 Å². The van der Waals surface area contributed by atoms with Gasteiger partial charge in [-0.1, -0.05) is 13.0 Å². The van der Waals surface area contributed by atoms with Crippen LogP contribution in [0.1, 0.15) is 43.4 Å². The summed E-state index contributed by atoms with van der Waals surface area (Å²) >= 11 is 0. The highest BCUT2D eigenvalue weighted by atomic mass is 19.1. The van der Waals surface area contributed by atoms with E-state index >= 15 is 0 Å². The molecule has 0 aliphatic heterocycles. The van der Waals surface area contributed by atoms with Crippen LogP contribution in [0.2, 0.25) is 0 Å². The molecule has 0 radical (unpaired) electrons. The second kappa shape index (κ2) is 7.13. The molecule has 1 rings (SSSR count). The predicted octanol–water partition coefficient (Wildman–Crippen LogP) is 3.73. The van der Waals surface area contributed by atoms with Crippen LogP contribution < -0.4 is 5.32 Å². The molecule has 18 heavy (non-hydrogen) atoms. The Morgan fingerprint density at radius 1 is 1.39 bits per heavy atom. The summed E-state index contributed by atoms with van der Waals surface area (Å²) in [5.41, 5.74) is 0.564. The van der Waals surface area contributed by atoms with Crippen molar-refractivity contribution in [3.8, 4) is 12.3 Å². The van der Waals surface area contributed by atoms with Crippen LogP contribution in [0, 0.1) is 30.9 Å². The second-order valence-electron chi connectivity index (χ2n) is 4.34. The number of rotatable bonds is 6. The normalized spacial score (nSPS) is 12.2. The topological polar surface area (TPSA) is 12.0 Å². The van der Waals surface area contributed by atoms with Gasteiger partial charge in [-0.2, -0.15) is 0 Å². The number of hydrogen-bond donors (Lipinski definition) is 1. The van der Waals surface area contributed by atoms with E-state index in [0.29, 0.717) is 24.9 Å².